The Balaban J connectivity index is 1.25. The minimum Gasteiger partial charge on any atom is -0.465 e. The minimum atomic E-state index is -1.17. The van der Waals surface area contributed by atoms with Gasteiger partial charge in [0.05, 0.1) is 17.3 Å². The van der Waals surface area contributed by atoms with Crippen LogP contribution in [0.5, 0.6) is 0 Å². The first-order valence-electron chi connectivity index (χ1n) is 19.4. The number of carbonyl (C=O) groups excluding carboxylic acids is 1. The summed E-state index contributed by atoms with van der Waals surface area (Å²) in [6.45, 7) is 14.1. The number of amides is 2. The molecule has 1 aliphatic carbocycles. The van der Waals surface area contributed by atoms with Crippen LogP contribution >= 0.6 is 0 Å². The molecule has 294 valence electrons. The summed E-state index contributed by atoms with van der Waals surface area (Å²) in [6.07, 6.45) is 2.74. The van der Waals surface area contributed by atoms with Crippen LogP contribution in [0.1, 0.15) is 78.3 Å². The number of pyridine rings is 1. The van der Waals surface area contributed by atoms with Crippen molar-refractivity contribution >= 4 is 23.0 Å². The quantitative estimate of drug-likeness (QED) is 0.216. The summed E-state index contributed by atoms with van der Waals surface area (Å²) in [5.41, 5.74) is 1.68. The summed E-state index contributed by atoms with van der Waals surface area (Å²) in [7, 11) is 2.16. The van der Waals surface area contributed by atoms with Crippen molar-refractivity contribution in [2.75, 3.05) is 33.2 Å². The summed E-state index contributed by atoms with van der Waals surface area (Å²) < 4.78 is 17.2. The lowest BCUT2D eigenvalue weighted by Crippen LogP contribution is -2.60. The van der Waals surface area contributed by atoms with E-state index in [1.807, 2.05) is 32.0 Å². The molecular weight excluding hydrogens is 702 g/mol. The van der Waals surface area contributed by atoms with Gasteiger partial charge in [0.25, 0.3) is 5.56 Å². The van der Waals surface area contributed by atoms with Crippen LogP contribution in [0.4, 0.5) is 9.18 Å². The van der Waals surface area contributed by atoms with E-state index in [0.717, 1.165) is 62.5 Å². The van der Waals surface area contributed by atoms with Crippen LogP contribution in [-0.4, -0.2) is 96.8 Å². The number of hydrogen-bond acceptors (Lipinski definition) is 7. The molecule has 6 rings (SSSR count). The number of rotatable bonds is 9. The van der Waals surface area contributed by atoms with Gasteiger partial charge >= 0.3 is 11.8 Å². The molecule has 1 aliphatic heterocycles. The highest BCUT2D eigenvalue weighted by molar-refractivity contribution is 5.86. The number of fused-ring (bicyclic) bond motifs is 1. The molecule has 0 unspecified atom stereocenters. The zero-order chi connectivity index (χ0) is 39.6. The van der Waals surface area contributed by atoms with E-state index in [1.165, 1.54) is 19.6 Å². The fraction of sp³-hybridized carbons (Fsp3) is 0.500. The Labute approximate surface area is 321 Å². The van der Waals surface area contributed by atoms with Crippen LogP contribution in [0.2, 0.25) is 0 Å². The molecule has 1 atom stereocenters. The molecular formula is C42H54FN7O5. The first-order valence-corrected chi connectivity index (χ1v) is 19.4. The molecule has 4 aromatic rings. The number of hydrogen-bond donors (Lipinski definition) is 2. The van der Waals surface area contributed by atoms with Crippen molar-refractivity contribution in [3.8, 4) is 16.8 Å². The van der Waals surface area contributed by atoms with Crippen LogP contribution in [-0.2, 0) is 11.3 Å². The van der Waals surface area contributed by atoms with E-state index in [1.54, 1.807) is 26.8 Å². The predicted molar refractivity (Wildman–Crippen MR) is 212 cm³/mol. The van der Waals surface area contributed by atoms with E-state index in [2.05, 4.69) is 51.4 Å². The third kappa shape index (κ3) is 8.83. The van der Waals surface area contributed by atoms with Crippen molar-refractivity contribution in [2.24, 2.45) is 5.92 Å². The van der Waals surface area contributed by atoms with E-state index in [0.29, 0.717) is 31.4 Å². The topological polar surface area (TPSA) is 133 Å². The Bertz CT molecular complexity index is 2130. The van der Waals surface area contributed by atoms with Crippen molar-refractivity contribution in [3.05, 3.63) is 93.0 Å². The first kappa shape index (κ1) is 39.8. The highest BCUT2D eigenvalue weighted by Crippen LogP contribution is 2.30. The van der Waals surface area contributed by atoms with E-state index in [-0.39, 0.29) is 28.9 Å². The third-order valence-electron chi connectivity index (χ3n) is 11.0. The fourth-order valence-corrected chi connectivity index (χ4v) is 8.19. The zero-order valence-electron chi connectivity index (χ0n) is 32.8. The number of benzene rings is 2. The second-order valence-electron chi connectivity index (χ2n) is 16.5. The lowest BCUT2D eigenvalue weighted by atomic mass is 9.89. The van der Waals surface area contributed by atoms with Crippen LogP contribution in [0, 0.1) is 11.7 Å². The molecule has 0 spiro atoms. The summed E-state index contributed by atoms with van der Waals surface area (Å²) in [6, 6.07) is 15.4. The average molecular weight is 756 g/mol. The van der Waals surface area contributed by atoms with E-state index < -0.39 is 40.8 Å². The minimum absolute atomic E-state index is 0.000191. The Morgan fingerprint density at radius 1 is 0.964 bits per heavy atom. The van der Waals surface area contributed by atoms with Crippen molar-refractivity contribution < 1.29 is 19.1 Å². The van der Waals surface area contributed by atoms with Crippen LogP contribution in [0.3, 0.4) is 0 Å². The molecule has 1 saturated heterocycles. The largest absolute Gasteiger partial charge is 0.465 e. The van der Waals surface area contributed by atoms with Gasteiger partial charge in [-0.05, 0) is 114 Å². The van der Waals surface area contributed by atoms with Gasteiger partial charge in [0.15, 0.2) is 5.65 Å². The molecule has 2 N–H and O–H groups in total. The average Bonchev–Trinajstić information content (AvgIpc) is 3.34. The Hall–Kier alpha value is -4.88. The van der Waals surface area contributed by atoms with Crippen molar-refractivity contribution in [3.63, 3.8) is 0 Å². The second-order valence-corrected chi connectivity index (χ2v) is 16.5. The first-order chi connectivity index (χ1) is 26.1. The van der Waals surface area contributed by atoms with Gasteiger partial charge in [-0.3, -0.25) is 24.0 Å². The molecule has 0 bridgehead atoms. The number of carbonyl (C=O) groups is 2. The van der Waals surface area contributed by atoms with E-state index >= 15 is 0 Å². The summed E-state index contributed by atoms with van der Waals surface area (Å²) >= 11 is 0. The van der Waals surface area contributed by atoms with Crippen molar-refractivity contribution in [2.45, 2.75) is 96.9 Å². The number of likely N-dealkylation sites (N-methyl/N-ethyl adjacent to an activating group) is 1. The van der Waals surface area contributed by atoms with Gasteiger partial charge in [-0.15, -0.1) is 0 Å². The number of nitrogens with zero attached hydrogens (tertiary/aromatic N) is 6. The molecule has 55 heavy (non-hydrogen) atoms. The summed E-state index contributed by atoms with van der Waals surface area (Å²) in [5, 5.41) is 13.0. The van der Waals surface area contributed by atoms with Gasteiger partial charge in [0, 0.05) is 37.3 Å². The second kappa shape index (κ2) is 16.5. The van der Waals surface area contributed by atoms with Crippen LogP contribution in [0.15, 0.2) is 70.4 Å². The summed E-state index contributed by atoms with van der Waals surface area (Å²) in [4.78, 5) is 64.4. The van der Waals surface area contributed by atoms with Crippen molar-refractivity contribution in [1.29, 1.82) is 0 Å². The Morgan fingerprint density at radius 2 is 1.67 bits per heavy atom. The molecule has 2 fully saturated rings. The molecule has 2 amide bonds. The normalized spacial score (nSPS) is 19.3. The molecule has 1 saturated carbocycles. The highest BCUT2D eigenvalue weighted by Gasteiger charge is 2.40. The maximum Gasteiger partial charge on any atom is 0.408 e. The van der Waals surface area contributed by atoms with Gasteiger partial charge in [-0.25, -0.2) is 23.5 Å². The number of halogens is 1. The number of carboxylic acid groups (broad SMARTS) is 1. The molecule has 13 heteroatoms. The molecule has 2 aromatic heterocycles. The zero-order valence-corrected chi connectivity index (χ0v) is 32.8. The number of nitrogens with one attached hydrogen (secondary N) is 1. The van der Waals surface area contributed by atoms with Gasteiger partial charge in [0.1, 0.15) is 11.9 Å². The number of aromatic nitrogens is 3. The molecule has 12 nitrogen and oxygen atoms in total. The van der Waals surface area contributed by atoms with Crippen molar-refractivity contribution in [1.82, 2.24) is 34.1 Å². The van der Waals surface area contributed by atoms with Gasteiger partial charge in [-0.2, -0.15) is 0 Å². The SMILES string of the molecule is CC(C)[C@@H](C(=O)NC1CCC(n2c(=O)c3cc(F)cnc3n(-c3cccc(-c4ccc(CN5CCCN(C)CC5)cc4)c3)c2=O)CC1)N(C(=O)O)C(C)(C)C. The molecule has 2 aromatic carbocycles. The highest BCUT2D eigenvalue weighted by atomic mass is 19.1. The third-order valence-corrected chi connectivity index (χ3v) is 11.0. The van der Waals surface area contributed by atoms with Crippen LogP contribution < -0.4 is 16.6 Å². The van der Waals surface area contributed by atoms with Gasteiger partial charge in [-0.1, -0.05) is 50.2 Å². The lowest BCUT2D eigenvalue weighted by Gasteiger charge is -2.41. The van der Waals surface area contributed by atoms with E-state index in [4.69, 9.17) is 0 Å². The van der Waals surface area contributed by atoms with Gasteiger partial charge < -0.3 is 15.3 Å². The standard InChI is InChI=1S/C42H54FN7O5/c1-27(2)36(50(41(54)55)42(3,4)5)38(51)45-32-15-17-33(18-16-32)49-39(52)35-24-31(43)25-44-37(35)48(40(49)53)34-10-7-9-30(23-34)29-13-11-28(12-14-29)26-47-20-8-19-46(6)21-22-47/h7,9-14,23-25,27,32-33,36H,8,15-22,26H2,1-6H3,(H,45,51)(H,54,55)/t32?,33?,36-/m0/s1. The maximum absolute atomic E-state index is 14.6. The maximum atomic E-state index is 14.6. The smallest absolute Gasteiger partial charge is 0.408 e. The Morgan fingerprint density at radius 3 is 2.33 bits per heavy atom. The van der Waals surface area contributed by atoms with Gasteiger partial charge in [0.2, 0.25) is 5.91 Å². The monoisotopic (exact) mass is 755 g/mol. The fourth-order valence-electron chi connectivity index (χ4n) is 8.19. The van der Waals surface area contributed by atoms with E-state index in [9.17, 15) is 28.7 Å². The lowest BCUT2D eigenvalue weighted by molar-refractivity contribution is -0.130. The summed E-state index contributed by atoms with van der Waals surface area (Å²) in [5.74, 6) is -1.33. The molecule has 0 radical (unpaired) electrons. The predicted octanol–water partition coefficient (Wildman–Crippen LogP) is 5.89. The van der Waals surface area contributed by atoms with Crippen LogP contribution in [0.25, 0.3) is 27.8 Å². The Kier molecular flexibility index (Phi) is 11.9. The molecule has 3 heterocycles. The molecule has 2 aliphatic rings.